The van der Waals surface area contributed by atoms with Crippen molar-refractivity contribution in [2.75, 3.05) is 45.1 Å². The van der Waals surface area contributed by atoms with Gasteiger partial charge in [-0.3, -0.25) is 0 Å². The van der Waals surface area contributed by atoms with Crippen LogP contribution in [0.25, 0.3) is 22.3 Å². The Morgan fingerprint density at radius 1 is 0.719 bits per heavy atom. The lowest BCUT2D eigenvalue weighted by Gasteiger charge is -2.20. The summed E-state index contributed by atoms with van der Waals surface area (Å²) in [5.74, 6) is 3.55. The number of pyridine rings is 2. The van der Waals surface area contributed by atoms with Crippen molar-refractivity contribution in [1.29, 1.82) is 0 Å². The first-order valence-corrected chi connectivity index (χ1v) is 10.9. The van der Waals surface area contributed by atoms with Crippen molar-refractivity contribution >= 4 is 11.6 Å². The van der Waals surface area contributed by atoms with Gasteiger partial charge in [0.15, 0.2) is 11.5 Å². The molecule has 0 aliphatic heterocycles. The molecule has 0 fully saturated rings. The van der Waals surface area contributed by atoms with Crippen molar-refractivity contribution in [1.82, 2.24) is 9.97 Å². The highest BCUT2D eigenvalue weighted by atomic mass is 16.5. The van der Waals surface area contributed by atoms with E-state index in [1.165, 1.54) is 0 Å². The topological polar surface area (TPSA) is 77.5 Å². The summed E-state index contributed by atoms with van der Waals surface area (Å²) in [5, 5.41) is 6.58. The predicted octanol–water partition coefficient (Wildman–Crippen LogP) is 5.48. The monoisotopic (exact) mass is 436 g/mol. The van der Waals surface area contributed by atoms with E-state index < -0.39 is 0 Å². The van der Waals surface area contributed by atoms with E-state index in [-0.39, 0.29) is 0 Å². The Bertz CT molecular complexity index is 1010. The molecule has 3 rings (SSSR count). The van der Waals surface area contributed by atoms with E-state index in [0.717, 1.165) is 59.8 Å². The minimum absolute atomic E-state index is 0.589. The Labute approximate surface area is 190 Å². The van der Waals surface area contributed by atoms with Crippen LogP contribution in [0.1, 0.15) is 26.7 Å². The Morgan fingerprint density at radius 3 is 1.72 bits per heavy atom. The van der Waals surface area contributed by atoms with E-state index in [1.807, 2.05) is 42.7 Å². The summed E-state index contributed by atoms with van der Waals surface area (Å²) in [6.45, 7) is 6.00. The molecule has 3 aromatic rings. The number of anilines is 2. The molecule has 0 unspecified atom stereocenters. The maximum absolute atomic E-state index is 5.82. The van der Waals surface area contributed by atoms with Crippen molar-refractivity contribution in [3.63, 3.8) is 0 Å². The van der Waals surface area contributed by atoms with Gasteiger partial charge < -0.3 is 24.8 Å². The van der Waals surface area contributed by atoms with Crippen molar-refractivity contribution in [2.24, 2.45) is 0 Å². The smallest absolute Gasteiger partial charge is 0.172 e. The highest BCUT2D eigenvalue weighted by Gasteiger charge is 2.23. The molecule has 7 nitrogen and oxygen atoms in total. The van der Waals surface area contributed by atoms with Crippen molar-refractivity contribution in [2.45, 2.75) is 26.7 Å². The fourth-order valence-corrected chi connectivity index (χ4v) is 3.47. The van der Waals surface area contributed by atoms with Gasteiger partial charge >= 0.3 is 0 Å². The maximum atomic E-state index is 5.82. The zero-order valence-electron chi connectivity index (χ0n) is 19.5. The third-order valence-corrected chi connectivity index (χ3v) is 5.07. The van der Waals surface area contributed by atoms with Crippen LogP contribution in [-0.4, -0.2) is 44.4 Å². The molecule has 170 valence electrons. The van der Waals surface area contributed by atoms with Crippen LogP contribution >= 0.6 is 0 Å². The number of hydrogen-bond acceptors (Lipinski definition) is 7. The lowest BCUT2D eigenvalue weighted by molar-refractivity contribution is 0.352. The lowest BCUT2D eigenvalue weighted by atomic mass is 9.98. The number of hydrogen-bond donors (Lipinski definition) is 2. The van der Waals surface area contributed by atoms with Gasteiger partial charge in [0.25, 0.3) is 0 Å². The van der Waals surface area contributed by atoms with Gasteiger partial charge in [-0.1, -0.05) is 13.8 Å². The second-order valence-corrected chi connectivity index (χ2v) is 7.29. The van der Waals surface area contributed by atoms with Crippen LogP contribution in [0.4, 0.5) is 11.6 Å². The minimum atomic E-state index is 0.589. The number of ether oxygens (including phenoxy) is 3. The van der Waals surface area contributed by atoms with Crippen LogP contribution in [0, 0.1) is 0 Å². The maximum Gasteiger partial charge on any atom is 0.172 e. The Balaban J connectivity index is 2.07. The molecular formula is C25H32N4O3. The highest BCUT2D eigenvalue weighted by Crippen LogP contribution is 2.49. The number of methoxy groups -OCH3 is 3. The number of benzene rings is 1. The summed E-state index contributed by atoms with van der Waals surface area (Å²) in [6.07, 6.45) is 5.71. The molecule has 0 bridgehead atoms. The number of rotatable bonds is 11. The van der Waals surface area contributed by atoms with E-state index in [4.69, 9.17) is 14.2 Å². The van der Waals surface area contributed by atoms with Gasteiger partial charge in [0.05, 0.1) is 26.9 Å². The van der Waals surface area contributed by atoms with Crippen LogP contribution < -0.4 is 24.8 Å². The van der Waals surface area contributed by atoms with Gasteiger partial charge in [-0.25, -0.2) is 9.97 Å². The molecule has 0 amide bonds. The first-order chi connectivity index (χ1) is 15.7. The number of nitrogens with one attached hydrogen (secondary N) is 2. The van der Waals surface area contributed by atoms with E-state index in [2.05, 4.69) is 34.4 Å². The highest BCUT2D eigenvalue weighted by molar-refractivity contribution is 5.87. The molecule has 32 heavy (non-hydrogen) atoms. The average molecular weight is 437 g/mol. The van der Waals surface area contributed by atoms with Crippen LogP contribution in [0.2, 0.25) is 0 Å². The third kappa shape index (κ3) is 5.04. The molecule has 0 saturated heterocycles. The van der Waals surface area contributed by atoms with Crippen LogP contribution in [-0.2, 0) is 0 Å². The van der Waals surface area contributed by atoms with E-state index >= 15 is 0 Å². The van der Waals surface area contributed by atoms with Crippen LogP contribution in [0.15, 0.2) is 42.7 Å². The van der Waals surface area contributed by atoms with E-state index in [9.17, 15) is 0 Å². The molecule has 0 atom stereocenters. The molecule has 0 radical (unpaired) electrons. The molecule has 2 N–H and O–H groups in total. The molecule has 1 aromatic carbocycles. The zero-order valence-corrected chi connectivity index (χ0v) is 19.5. The molecule has 7 heteroatoms. The summed E-state index contributed by atoms with van der Waals surface area (Å²) < 4.78 is 17.4. The summed E-state index contributed by atoms with van der Waals surface area (Å²) in [7, 11) is 4.92. The van der Waals surface area contributed by atoms with E-state index in [0.29, 0.717) is 17.2 Å². The van der Waals surface area contributed by atoms with Gasteiger partial charge in [0, 0.05) is 42.2 Å². The van der Waals surface area contributed by atoms with Gasteiger partial charge in [-0.2, -0.15) is 0 Å². The molecule has 2 heterocycles. The zero-order chi connectivity index (χ0) is 22.9. The molecule has 0 aliphatic carbocycles. The first-order valence-electron chi connectivity index (χ1n) is 10.9. The van der Waals surface area contributed by atoms with Crippen LogP contribution in [0.5, 0.6) is 17.2 Å². The Kier molecular flexibility index (Phi) is 8.14. The van der Waals surface area contributed by atoms with Gasteiger partial charge in [0.2, 0.25) is 0 Å². The average Bonchev–Trinajstić information content (AvgIpc) is 2.85. The SMILES string of the molecule is CCCNc1ccc(-c2cc(OC)c(-c3ccc(NCCC)nc3)c(OC)c2OC)cn1. The third-order valence-electron chi connectivity index (χ3n) is 5.07. The van der Waals surface area contributed by atoms with Gasteiger partial charge in [0.1, 0.15) is 17.4 Å². The molecule has 0 aliphatic rings. The minimum Gasteiger partial charge on any atom is -0.496 e. The largest absolute Gasteiger partial charge is 0.496 e. The second-order valence-electron chi connectivity index (χ2n) is 7.29. The number of nitrogens with zero attached hydrogens (tertiary/aromatic N) is 2. The van der Waals surface area contributed by atoms with Crippen LogP contribution in [0.3, 0.4) is 0 Å². The van der Waals surface area contributed by atoms with Crippen molar-refractivity contribution in [3.8, 4) is 39.5 Å². The van der Waals surface area contributed by atoms with E-state index in [1.54, 1.807) is 21.3 Å². The Hall–Kier alpha value is -3.48. The fraction of sp³-hybridized carbons (Fsp3) is 0.360. The summed E-state index contributed by atoms with van der Waals surface area (Å²) in [4.78, 5) is 9.06. The summed E-state index contributed by atoms with van der Waals surface area (Å²) in [5.41, 5.74) is 3.42. The quantitative estimate of drug-likeness (QED) is 0.412. The standard InChI is InChI=1S/C25H32N4O3/c1-6-12-26-21-10-8-17(15-28-21)19-14-20(30-3)23(25(32-5)24(19)31-4)18-9-11-22(29-16-18)27-13-7-2/h8-11,14-16H,6-7,12-13H2,1-5H3,(H,26,28)(H,27,29). The first kappa shape index (κ1) is 23.2. The molecule has 0 spiro atoms. The second kappa shape index (κ2) is 11.2. The van der Waals surface area contributed by atoms with Gasteiger partial charge in [-0.05, 0) is 43.2 Å². The molecule has 0 saturated carbocycles. The van der Waals surface area contributed by atoms with Crippen molar-refractivity contribution in [3.05, 3.63) is 42.7 Å². The summed E-state index contributed by atoms with van der Waals surface area (Å²) in [6, 6.07) is 9.88. The Morgan fingerprint density at radius 2 is 1.28 bits per heavy atom. The molecule has 2 aromatic heterocycles. The fourth-order valence-electron chi connectivity index (χ4n) is 3.47. The number of aromatic nitrogens is 2. The normalized spacial score (nSPS) is 10.5. The predicted molar refractivity (Wildman–Crippen MR) is 130 cm³/mol. The van der Waals surface area contributed by atoms with Gasteiger partial charge in [-0.15, -0.1) is 0 Å². The summed E-state index contributed by atoms with van der Waals surface area (Å²) >= 11 is 0. The lowest BCUT2D eigenvalue weighted by Crippen LogP contribution is -2.03. The van der Waals surface area contributed by atoms with Crippen molar-refractivity contribution < 1.29 is 14.2 Å². The molecular weight excluding hydrogens is 404 g/mol.